The van der Waals surface area contributed by atoms with Crippen molar-refractivity contribution in [3.8, 4) is 0 Å². The summed E-state index contributed by atoms with van der Waals surface area (Å²) in [5, 5.41) is 0. The molecule has 0 spiro atoms. The van der Waals surface area contributed by atoms with Gasteiger partial charge in [0.05, 0.1) is 11.3 Å². The van der Waals surface area contributed by atoms with Crippen LogP contribution in [0.5, 0.6) is 0 Å². The molecule has 1 atom stereocenters. The lowest BCUT2D eigenvalue weighted by Crippen LogP contribution is -2.47. The summed E-state index contributed by atoms with van der Waals surface area (Å²) in [5.74, 6) is 0. The van der Waals surface area contributed by atoms with Crippen LogP contribution in [-0.4, -0.2) is 43.0 Å². The first-order valence-corrected chi connectivity index (χ1v) is 9.96. The molecule has 3 nitrogen and oxygen atoms in total. The van der Waals surface area contributed by atoms with Crippen molar-refractivity contribution >= 4 is 6.21 Å². The Kier molecular flexibility index (Phi) is 8.05. The molecule has 0 aromatic rings. The van der Waals surface area contributed by atoms with E-state index in [1.165, 1.54) is 36.1 Å². The van der Waals surface area contributed by atoms with Crippen molar-refractivity contribution in [3.63, 3.8) is 0 Å². The highest BCUT2D eigenvalue weighted by molar-refractivity contribution is 5.59. The van der Waals surface area contributed by atoms with Gasteiger partial charge < -0.3 is 4.74 Å². The maximum Gasteiger partial charge on any atom is 0.0749 e. The number of ether oxygens (including phenoxy) is 1. The van der Waals surface area contributed by atoms with E-state index in [0.717, 1.165) is 32.4 Å². The number of aliphatic imine (C=N–C) groups is 1. The molecule has 0 saturated heterocycles. The molecule has 1 aliphatic heterocycles. The zero-order valence-corrected chi connectivity index (χ0v) is 17.1. The van der Waals surface area contributed by atoms with Gasteiger partial charge >= 0.3 is 0 Å². The smallest absolute Gasteiger partial charge is 0.0749 e. The average molecular weight is 357 g/mol. The average Bonchev–Trinajstić information content (AvgIpc) is 2.89. The van der Waals surface area contributed by atoms with Gasteiger partial charge in [-0.25, -0.2) is 0 Å². The third-order valence-corrected chi connectivity index (χ3v) is 5.48. The van der Waals surface area contributed by atoms with E-state index < -0.39 is 0 Å². The Labute approximate surface area is 160 Å². The molecule has 0 fully saturated rings. The van der Waals surface area contributed by atoms with Crippen LogP contribution in [0.15, 0.2) is 52.7 Å². The summed E-state index contributed by atoms with van der Waals surface area (Å²) in [5.41, 5.74) is 3.97. The lowest BCUT2D eigenvalue weighted by molar-refractivity contribution is -0.0135. The zero-order valence-electron chi connectivity index (χ0n) is 17.1. The SMILES string of the molecule is C=C/C=C\C1=C(C)C(N(CC2=CCCCC=N2)CC(C)(C)OC)CCC1. The molecule has 0 amide bonds. The van der Waals surface area contributed by atoms with E-state index in [1.54, 1.807) is 0 Å². The standard InChI is InChI=1S/C23H36N2O/c1-6-7-12-20-13-11-15-22(19(20)2)25(18-23(3,4)26-5)17-21-14-9-8-10-16-24-21/h6-7,12,14,16,22H,1,8-11,13,15,17-18H2,2-5H3/b12-7-. The first kappa shape index (κ1) is 20.9. The van der Waals surface area contributed by atoms with Crippen LogP contribution in [0.3, 0.4) is 0 Å². The van der Waals surface area contributed by atoms with Crippen molar-refractivity contribution in [2.24, 2.45) is 4.99 Å². The Hall–Kier alpha value is -1.45. The number of rotatable bonds is 8. The lowest BCUT2D eigenvalue weighted by atomic mass is 9.86. The summed E-state index contributed by atoms with van der Waals surface area (Å²) < 4.78 is 5.76. The quantitative estimate of drug-likeness (QED) is 0.539. The Morgan fingerprint density at radius 1 is 1.35 bits per heavy atom. The Morgan fingerprint density at radius 2 is 2.15 bits per heavy atom. The first-order chi connectivity index (χ1) is 12.5. The van der Waals surface area contributed by atoms with E-state index in [2.05, 4.69) is 56.7 Å². The van der Waals surface area contributed by atoms with Gasteiger partial charge in [0, 0.05) is 32.5 Å². The third kappa shape index (κ3) is 6.07. The minimum absolute atomic E-state index is 0.177. The summed E-state index contributed by atoms with van der Waals surface area (Å²) in [6.45, 7) is 12.2. The van der Waals surface area contributed by atoms with E-state index in [4.69, 9.17) is 9.73 Å². The Bertz CT molecular complexity index is 595. The van der Waals surface area contributed by atoms with Gasteiger partial charge in [-0.1, -0.05) is 36.5 Å². The highest BCUT2D eigenvalue weighted by atomic mass is 16.5. The molecule has 1 aliphatic carbocycles. The molecular formula is C23H36N2O. The second-order valence-electron chi connectivity index (χ2n) is 8.02. The summed E-state index contributed by atoms with van der Waals surface area (Å²) in [4.78, 5) is 7.30. The predicted molar refractivity (Wildman–Crippen MR) is 113 cm³/mol. The fraction of sp³-hybridized carbons (Fsp3) is 0.609. The molecule has 0 saturated carbocycles. The third-order valence-electron chi connectivity index (χ3n) is 5.48. The van der Waals surface area contributed by atoms with E-state index in [9.17, 15) is 0 Å². The van der Waals surface area contributed by atoms with Gasteiger partial charge in [-0.3, -0.25) is 9.89 Å². The van der Waals surface area contributed by atoms with E-state index >= 15 is 0 Å². The van der Waals surface area contributed by atoms with Crippen LogP contribution in [0, 0.1) is 0 Å². The van der Waals surface area contributed by atoms with Crippen LogP contribution in [0.1, 0.15) is 59.3 Å². The number of methoxy groups -OCH3 is 1. The molecule has 0 aromatic heterocycles. The molecule has 1 heterocycles. The van der Waals surface area contributed by atoms with E-state index in [-0.39, 0.29) is 5.60 Å². The maximum atomic E-state index is 5.76. The molecule has 1 unspecified atom stereocenters. The summed E-state index contributed by atoms with van der Waals surface area (Å²) in [6, 6.07) is 0.446. The Morgan fingerprint density at radius 3 is 2.88 bits per heavy atom. The lowest BCUT2D eigenvalue weighted by Gasteiger charge is -2.40. The van der Waals surface area contributed by atoms with Crippen LogP contribution in [0.4, 0.5) is 0 Å². The Balaban J connectivity index is 2.28. The topological polar surface area (TPSA) is 24.8 Å². The molecule has 26 heavy (non-hydrogen) atoms. The van der Waals surface area contributed by atoms with E-state index in [0.29, 0.717) is 6.04 Å². The van der Waals surface area contributed by atoms with Gasteiger partial charge in [0.2, 0.25) is 0 Å². The normalized spacial score (nSPS) is 22.0. The van der Waals surface area contributed by atoms with Crippen LogP contribution in [-0.2, 0) is 4.74 Å². The van der Waals surface area contributed by atoms with Gasteiger partial charge in [-0.05, 0) is 64.9 Å². The second-order valence-corrected chi connectivity index (χ2v) is 8.02. The monoisotopic (exact) mass is 356 g/mol. The van der Waals surface area contributed by atoms with Crippen molar-refractivity contribution in [3.05, 3.63) is 47.7 Å². The number of hydrogen-bond donors (Lipinski definition) is 0. The second kappa shape index (κ2) is 10.0. The fourth-order valence-corrected chi connectivity index (χ4v) is 3.82. The van der Waals surface area contributed by atoms with Crippen molar-refractivity contribution in [1.29, 1.82) is 0 Å². The number of allylic oxidation sites excluding steroid dienone is 5. The molecule has 0 bridgehead atoms. The largest absolute Gasteiger partial charge is 0.377 e. The predicted octanol–water partition coefficient (Wildman–Crippen LogP) is 5.46. The van der Waals surface area contributed by atoms with Crippen LogP contribution < -0.4 is 0 Å². The number of hydrogen-bond acceptors (Lipinski definition) is 3. The molecule has 0 aromatic carbocycles. The van der Waals surface area contributed by atoms with Crippen LogP contribution >= 0.6 is 0 Å². The summed E-state index contributed by atoms with van der Waals surface area (Å²) >= 11 is 0. The molecule has 2 rings (SSSR count). The van der Waals surface area contributed by atoms with Gasteiger partial charge in [0.25, 0.3) is 0 Å². The molecule has 144 valence electrons. The first-order valence-electron chi connectivity index (χ1n) is 9.96. The minimum Gasteiger partial charge on any atom is -0.377 e. The van der Waals surface area contributed by atoms with Crippen LogP contribution in [0.2, 0.25) is 0 Å². The van der Waals surface area contributed by atoms with Gasteiger partial charge in [0.15, 0.2) is 0 Å². The fourth-order valence-electron chi connectivity index (χ4n) is 3.82. The zero-order chi connectivity index (χ0) is 19.0. The van der Waals surface area contributed by atoms with Crippen molar-refractivity contribution in [1.82, 2.24) is 4.90 Å². The highest BCUT2D eigenvalue weighted by Crippen LogP contribution is 2.31. The van der Waals surface area contributed by atoms with Crippen molar-refractivity contribution in [2.75, 3.05) is 20.2 Å². The minimum atomic E-state index is -0.177. The summed E-state index contributed by atoms with van der Waals surface area (Å²) in [7, 11) is 1.81. The molecule has 0 radical (unpaired) electrons. The molecule has 3 heteroatoms. The van der Waals surface area contributed by atoms with E-state index in [1.807, 2.05) is 13.2 Å². The van der Waals surface area contributed by atoms with Crippen molar-refractivity contribution in [2.45, 2.75) is 70.9 Å². The molecule has 0 N–H and O–H groups in total. The number of nitrogens with zero attached hydrogens (tertiary/aromatic N) is 2. The molecular weight excluding hydrogens is 320 g/mol. The maximum absolute atomic E-state index is 5.76. The highest BCUT2D eigenvalue weighted by Gasteiger charge is 2.30. The van der Waals surface area contributed by atoms with Gasteiger partial charge in [0.1, 0.15) is 0 Å². The molecule has 2 aliphatic rings. The van der Waals surface area contributed by atoms with Crippen molar-refractivity contribution < 1.29 is 4.74 Å². The summed E-state index contributed by atoms with van der Waals surface area (Å²) in [6.07, 6.45) is 17.6. The van der Waals surface area contributed by atoms with Gasteiger partial charge in [-0.15, -0.1) is 0 Å². The van der Waals surface area contributed by atoms with Gasteiger partial charge in [-0.2, -0.15) is 0 Å². The van der Waals surface area contributed by atoms with Crippen LogP contribution in [0.25, 0.3) is 0 Å².